The minimum absolute atomic E-state index is 0.406. The standard InChI is InChI=1S/C12H23N3S/c1-6-13-10(4)11-7-14-12(16-11)15(5)8-9(2)3/h7,9-10,13H,6,8H2,1-5H3. The average molecular weight is 241 g/mol. The van der Waals surface area contributed by atoms with Crippen molar-refractivity contribution in [1.29, 1.82) is 0 Å². The smallest absolute Gasteiger partial charge is 0.185 e. The van der Waals surface area contributed by atoms with Gasteiger partial charge in [0.25, 0.3) is 0 Å². The van der Waals surface area contributed by atoms with E-state index in [0.717, 1.165) is 18.2 Å². The molecule has 0 bridgehead atoms. The molecule has 0 amide bonds. The van der Waals surface area contributed by atoms with Gasteiger partial charge in [0, 0.05) is 30.7 Å². The van der Waals surface area contributed by atoms with Crippen molar-refractivity contribution in [3.05, 3.63) is 11.1 Å². The fourth-order valence-corrected chi connectivity index (χ4v) is 2.60. The molecule has 1 aromatic rings. The Morgan fingerprint density at radius 1 is 1.44 bits per heavy atom. The molecule has 3 nitrogen and oxygen atoms in total. The second kappa shape index (κ2) is 6.21. The zero-order valence-electron chi connectivity index (χ0n) is 10.9. The molecule has 0 saturated heterocycles. The summed E-state index contributed by atoms with van der Waals surface area (Å²) in [4.78, 5) is 8.02. The third kappa shape index (κ3) is 3.76. The van der Waals surface area contributed by atoms with E-state index < -0.39 is 0 Å². The summed E-state index contributed by atoms with van der Waals surface area (Å²) >= 11 is 1.78. The van der Waals surface area contributed by atoms with Gasteiger partial charge in [-0.1, -0.05) is 20.8 Å². The van der Waals surface area contributed by atoms with Gasteiger partial charge in [0.15, 0.2) is 5.13 Å². The van der Waals surface area contributed by atoms with Gasteiger partial charge in [0.1, 0.15) is 0 Å². The monoisotopic (exact) mass is 241 g/mol. The van der Waals surface area contributed by atoms with Crippen molar-refractivity contribution in [3.8, 4) is 0 Å². The second-order valence-electron chi connectivity index (χ2n) is 4.60. The first-order chi connectivity index (χ1) is 7.54. The van der Waals surface area contributed by atoms with Gasteiger partial charge < -0.3 is 10.2 Å². The van der Waals surface area contributed by atoms with Crippen LogP contribution in [0.1, 0.15) is 38.6 Å². The molecule has 1 rings (SSSR count). The van der Waals surface area contributed by atoms with Gasteiger partial charge in [-0.25, -0.2) is 4.98 Å². The second-order valence-corrected chi connectivity index (χ2v) is 5.64. The predicted octanol–water partition coefficient (Wildman–Crippen LogP) is 2.91. The van der Waals surface area contributed by atoms with Gasteiger partial charge in [-0.15, -0.1) is 11.3 Å². The Hall–Kier alpha value is -0.610. The molecule has 16 heavy (non-hydrogen) atoms. The van der Waals surface area contributed by atoms with E-state index in [1.54, 1.807) is 11.3 Å². The van der Waals surface area contributed by atoms with Crippen molar-refractivity contribution in [1.82, 2.24) is 10.3 Å². The number of nitrogens with one attached hydrogen (secondary N) is 1. The van der Waals surface area contributed by atoms with Crippen LogP contribution in [0, 0.1) is 5.92 Å². The van der Waals surface area contributed by atoms with Crippen molar-refractivity contribution in [2.24, 2.45) is 5.92 Å². The number of hydrogen-bond donors (Lipinski definition) is 1. The van der Waals surface area contributed by atoms with Crippen LogP contribution >= 0.6 is 11.3 Å². The topological polar surface area (TPSA) is 28.2 Å². The molecule has 0 saturated carbocycles. The van der Waals surface area contributed by atoms with Crippen LogP contribution in [0.15, 0.2) is 6.20 Å². The Bertz CT molecular complexity index is 309. The summed E-state index contributed by atoms with van der Waals surface area (Å²) in [5.41, 5.74) is 0. The molecule has 0 aromatic carbocycles. The fourth-order valence-electron chi connectivity index (χ4n) is 1.69. The Kier molecular flexibility index (Phi) is 5.22. The van der Waals surface area contributed by atoms with E-state index in [4.69, 9.17) is 0 Å². The SMILES string of the molecule is CCNC(C)c1cnc(N(C)CC(C)C)s1. The van der Waals surface area contributed by atoms with Crippen LogP contribution in [0.3, 0.4) is 0 Å². The molecule has 0 radical (unpaired) electrons. The summed E-state index contributed by atoms with van der Waals surface area (Å²) in [6.45, 7) is 10.8. The van der Waals surface area contributed by atoms with E-state index in [2.05, 4.69) is 49.9 Å². The number of nitrogens with zero attached hydrogens (tertiary/aromatic N) is 2. The number of thiazole rings is 1. The van der Waals surface area contributed by atoms with Crippen molar-refractivity contribution >= 4 is 16.5 Å². The normalized spacial score (nSPS) is 13.1. The van der Waals surface area contributed by atoms with Crippen molar-refractivity contribution in [2.45, 2.75) is 33.7 Å². The van der Waals surface area contributed by atoms with Crippen LogP contribution in [0.25, 0.3) is 0 Å². The molecular weight excluding hydrogens is 218 g/mol. The van der Waals surface area contributed by atoms with E-state index in [-0.39, 0.29) is 0 Å². The molecule has 0 aliphatic rings. The Balaban J connectivity index is 2.63. The van der Waals surface area contributed by atoms with Crippen LogP contribution in [0.5, 0.6) is 0 Å². The van der Waals surface area contributed by atoms with Crippen LogP contribution in [0.2, 0.25) is 0 Å². The first-order valence-corrected chi connectivity index (χ1v) is 6.76. The number of hydrogen-bond acceptors (Lipinski definition) is 4. The van der Waals surface area contributed by atoms with Crippen molar-refractivity contribution in [2.75, 3.05) is 25.0 Å². The molecule has 0 aliphatic heterocycles. The maximum atomic E-state index is 4.48. The zero-order chi connectivity index (χ0) is 12.1. The Labute approximate surface area is 103 Å². The summed E-state index contributed by atoms with van der Waals surface area (Å²) in [5.74, 6) is 0.670. The molecule has 4 heteroatoms. The van der Waals surface area contributed by atoms with Gasteiger partial charge in [0.2, 0.25) is 0 Å². The number of aromatic nitrogens is 1. The summed E-state index contributed by atoms with van der Waals surface area (Å²) in [6, 6.07) is 0.406. The molecule has 0 fully saturated rings. The van der Waals surface area contributed by atoms with E-state index >= 15 is 0 Å². The molecule has 1 unspecified atom stereocenters. The molecule has 1 N–H and O–H groups in total. The van der Waals surface area contributed by atoms with E-state index in [1.807, 2.05) is 6.20 Å². The zero-order valence-corrected chi connectivity index (χ0v) is 11.8. The summed E-state index contributed by atoms with van der Waals surface area (Å²) < 4.78 is 0. The van der Waals surface area contributed by atoms with Gasteiger partial charge in [-0.2, -0.15) is 0 Å². The summed E-state index contributed by atoms with van der Waals surface area (Å²) in [5, 5.41) is 4.53. The lowest BCUT2D eigenvalue weighted by Crippen LogP contribution is -2.22. The predicted molar refractivity (Wildman–Crippen MR) is 72.3 cm³/mol. The molecular formula is C12H23N3S. The summed E-state index contributed by atoms with van der Waals surface area (Å²) in [6.07, 6.45) is 1.99. The van der Waals surface area contributed by atoms with Crippen molar-refractivity contribution in [3.63, 3.8) is 0 Å². The van der Waals surface area contributed by atoms with Gasteiger partial charge in [-0.3, -0.25) is 0 Å². The highest BCUT2D eigenvalue weighted by Crippen LogP contribution is 2.26. The largest absolute Gasteiger partial charge is 0.351 e. The number of anilines is 1. The molecule has 0 spiro atoms. The first-order valence-electron chi connectivity index (χ1n) is 5.94. The fraction of sp³-hybridized carbons (Fsp3) is 0.750. The molecule has 1 heterocycles. The lowest BCUT2D eigenvalue weighted by Gasteiger charge is -2.17. The lowest BCUT2D eigenvalue weighted by atomic mass is 10.2. The minimum Gasteiger partial charge on any atom is -0.351 e. The third-order valence-electron chi connectivity index (χ3n) is 2.41. The van der Waals surface area contributed by atoms with E-state index in [0.29, 0.717) is 12.0 Å². The molecule has 1 aromatic heterocycles. The van der Waals surface area contributed by atoms with Gasteiger partial charge in [0.05, 0.1) is 0 Å². The van der Waals surface area contributed by atoms with Crippen LogP contribution < -0.4 is 10.2 Å². The third-order valence-corrected chi connectivity index (χ3v) is 3.71. The maximum absolute atomic E-state index is 4.48. The highest BCUT2D eigenvalue weighted by atomic mass is 32.1. The average Bonchev–Trinajstić information content (AvgIpc) is 2.65. The van der Waals surface area contributed by atoms with E-state index in [1.165, 1.54) is 4.88 Å². The van der Waals surface area contributed by atoms with Gasteiger partial charge in [-0.05, 0) is 19.4 Å². The van der Waals surface area contributed by atoms with Crippen molar-refractivity contribution < 1.29 is 0 Å². The highest BCUT2D eigenvalue weighted by Gasteiger charge is 2.11. The minimum atomic E-state index is 0.406. The Morgan fingerprint density at radius 2 is 2.12 bits per heavy atom. The van der Waals surface area contributed by atoms with Crippen LogP contribution in [-0.2, 0) is 0 Å². The molecule has 92 valence electrons. The summed E-state index contributed by atoms with van der Waals surface area (Å²) in [7, 11) is 2.11. The first kappa shape index (κ1) is 13.5. The maximum Gasteiger partial charge on any atom is 0.185 e. The lowest BCUT2D eigenvalue weighted by molar-refractivity contribution is 0.606. The van der Waals surface area contributed by atoms with Crippen LogP contribution in [0.4, 0.5) is 5.13 Å². The van der Waals surface area contributed by atoms with E-state index in [9.17, 15) is 0 Å². The Morgan fingerprint density at radius 3 is 2.69 bits per heavy atom. The molecule has 0 aliphatic carbocycles. The van der Waals surface area contributed by atoms with Gasteiger partial charge >= 0.3 is 0 Å². The quantitative estimate of drug-likeness (QED) is 0.830. The number of rotatable bonds is 6. The van der Waals surface area contributed by atoms with Crippen LogP contribution in [-0.4, -0.2) is 25.1 Å². The highest BCUT2D eigenvalue weighted by molar-refractivity contribution is 7.15. The molecule has 1 atom stereocenters.